The summed E-state index contributed by atoms with van der Waals surface area (Å²) in [6, 6.07) is -0.150. The third-order valence-corrected chi connectivity index (χ3v) is 4.73. The van der Waals surface area contributed by atoms with Crippen LogP contribution in [0.15, 0.2) is 24.3 Å². The summed E-state index contributed by atoms with van der Waals surface area (Å²) in [6.45, 7) is 0.0345. The molecule has 0 aliphatic heterocycles. The van der Waals surface area contributed by atoms with Crippen molar-refractivity contribution in [3.63, 3.8) is 0 Å². The minimum absolute atomic E-state index is 0.0345. The first-order valence-electron chi connectivity index (χ1n) is 6.53. The number of imidazole rings is 1. The molecule has 2 aliphatic carbocycles. The molecule has 2 aromatic heterocycles. The molecule has 0 saturated heterocycles. The molecule has 2 heterocycles. The quantitative estimate of drug-likeness (QED) is 0.636. The second-order valence-electron chi connectivity index (χ2n) is 5.38. The lowest BCUT2D eigenvalue weighted by molar-refractivity contribution is 0.0977. The molecule has 2 bridgehead atoms. The fourth-order valence-corrected chi connectivity index (χ4v) is 3.75. The van der Waals surface area contributed by atoms with Gasteiger partial charge in [-0.3, -0.25) is 0 Å². The van der Waals surface area contributed by atoms with Crippen molar-refractivity contribution in [2.24, 2.45) is 11.8 Å². The van der Waals surface area contributed by atoms with Gasteiger partial charge in [0.25, 0.3) is 0 Å². The van der Waals surface area contributed by atoms with E-state index in [-0.39, 0.29) is 24.5 Å². The van der Waals surface area contributed by atoms with E-state index in [0.717, 1.165) is 12.0 Å². The maximum atomic E-state index is 10.4. The van der Waals surface area contributed by atoms with E-state index in [0.29, 0.717) is 16.3 Å². The van der Waals surface area contributed by atoms with Crippen LogP contribution in [0.3, 0.4) is 0 Å². The fourth-order valence-electron chi connectivity index (χ4n) is 3.57. The molecule has 0 aromatic carbocycles. The van der Waals surface area contributed by atoms with Crippen LogP contribution in [0, 0.1) is 11.8 Å². The zero-order valence-electron chi connectivity index (χ0n) is 10.5. The van der Waals surface area contributed by atoms with Gasteiger partial charge in [0.1, 0.15) is 11.8 Å². The van der Waals surface area contributed by atoms with Crippen LogP contribution >= 0.6 is 11.6 Å². The van der Waals surface area contributed by atoms with Crippen LogP contribution in [0.1, 0.15) is 12.5 Å². The monoisotopic (exact) mass is 292 g/mol. The molecule has 0 radical (unpaired) electrons. The average Bonchev–Trinajstić information content (AvgIpc) is 3.11. The molecule has 20 heavy (non-hydrogen) atoms. The van der Waals surface area contributed by atoms with Gasteiger partial charge in [0, 0.05) is 11.8 Å². The average molecular weight is 293 g/mol. The summed E-state index contributed by atoms with van der Waals surface area (Å²) in [5, 5.41) is 20.2. The summed E-state index contributed by atoms with van der Waals surface area (Å²) in [6.07, 6.45) is 5.41. The molecule has 6 nitrogen and oxygen atoms in total. The van der Waals surface area contributed by atoms with Gasteiger partial charge in [-0.15, -0.1) is 0 Å². The van der Waals surface area contributed by atoms with Gasteiger partial charge in [-0.1, -0.05) is 17.7 Å². The first-order valence-corrected chi connectivity index (χ1v) is 6.91. The number of fused-ring (bicyclic) bond motifs is 3. The highest BCUT2D eigenvalue weighted by atomic mass is 35.5. The van der Waals surface area contributed by atoms with Crippen molar-refractivity contribution in [2.45, 2.75) is 18.6 Å². The zero-order valence-corrected chi connectivity index (χ0v) is 11.3. The molecule has 2 aromatic rings. The Balaban J connectivity index is 1.84. The van der Waals surface area contributed by atoms with E-state index in [2.05, 4.69) is 15.0 Å². The summed E-state index contributed by atoms with van der Waals surface area (Å²) in [5.41, 5.74) is 2.16. The number of aliphatic hydroxyl groups excluding tert-OH is 2. The van der Waals surface area contributed by atoms with E-state index >= 15 is 0 Å². The largest absolute Gasteiger partial charge is 0.392 e. The summed E-state index contributed by atoms with van der Waals surface area (Å²) in [4.78, 5) is 12.4. The van der Waals surface area contributed by atoms with Crippen molar-refractivity contribution < 1.29 is 10.2 Å². The second-order valence-corrected chi connectivity index (χ2v) is 5.73. The number of rotatable bonds is 2. The van der Waals surface area contributed by atoms with Gasteiger partial charge in [0.15, 0.2) is 10.8 Å². The molecule has 4 atom stereocenters. The van der Waals surface area contributed by atoms with Crippen molar-refractivity contribution in [1.29, 1.82) is 0 Å². The van der Waals surface area contributed by atoms with Crippen molar-refractivity contribution in [3.05, 3.63) is 29.5 Å². The predicted octanol–water partition coefficient (Wildman–Crippen LogP) is 0.950. The van der Waals surface area contributed by atoms with E-state index in [1.54, 1.807) is 6.33 Å². The maximum Gasteiger partial charge on any atom is 0.165 e. The minimum Gasteiger partial charge on any atom is -0.392 e. The van der Waals surface area contributed by atoms with Crippen LogP contribution in [0.2, 0.25) is 5.15 Å². The first-order chi connectivity index (χ1) is 9.70. The molecule has 2 aliphatic rings. The van der Waals surface area contributed by atoms with E-state index in [1.807, 2.05) is 10.6 Å². The number of nitrogens with zero attached hydrogens (tertiary/aromatic N) is 4. The normalized spacial score (nSPS) is 32.0. The Bertz CT molecular complexity index is 713. The van der Waals surface area contributed by atoms with E-state index in [1.165, 1.54) is 6.33 Å². The van der Waals surface area contributed by atoms with Gasteiger partial charge < -0.3 is 14.8 Å². The van der Waals surface area contributed by atoms with Gasteiger partial charge in [-0.05, 0) is 12.0 Å². The van der Waals surface area contributed by atoms with Crippen molar-refractivity contribution in [1.82, 2.24) is 19.5 Å². The second kappa shape index (κ2) is 4.25. The summed E-state index contributed by atoms with van der Waals surface area (Å²) < 4.78 is 1.86. The highest BCUT2D eigenvalue weighted by Crippen LogP contribution is 2.50. The van der Waals surface area contributed by atoms with E-state index in [4.69, 9.17) is 11.6 Å². The molecule has 1 saturated carbocycles. The lowest BCUT2D eigenvalue weighted by Gasteiger charge is -2.28. The molecule has 1 fully saturated rings. The van der Waals surface area contributed by atoms with Crippen LogP contribution < -0.4 is 0 Å². The number of hydrogen-bond acceptors (Lipinski definition) is 5. The molecule has 7 heteroatoms. The predicted molar refractivity (Wildman–Crippen MR) is 72.1 cm³/mol. The number of aromatic nitrogens is 4. The van der Waals surface area contributed by atoms with Crippen LogP contribution in [0.4, 0.5) is 0 Å². The van der Waals surface area contributed by atoms with Crippen molar-refractivity contribution in [2.75, 3.05) is 6.61 Å². The van der Waals surface area contributed by atoms with Crippen LogP contribution in [0.5, 0.6) is 0 Å². The Morgan fingerprint density at radius 1 is 1.35 bits per heavy atom. The summed E-state index contributed by atoms with van der Waals surface area (Å²) in [5.74, 6) is 0.230. The molecular formula is C13H13ClN4O2. The molecule has 4 unspecified atom stereocenters. The Morgan fingerprint density at radius 3 is 2.95 bits per heavy atom. The summed E-state index contributed by atoms with van der Waals surface area (Å²) in [7, 11) is 0. The molecule has 0 amide bonds. The third kappa shape index (κ3) is 1.49. The molecule has 4 rings (SSSR count). The smallest absolute Gasteiger partial charge is 0.165 e. The number of halogens is 1. The van der Waals surface area contributed by atoms with Crippen molar-refractivity contribution in [3.8, 4) is 0 Å². The Hall–Kier alpha value is -1.50. The molecule has 2 N–H and O–H groups in total. The van der Waals surface area contributed by atoms with Gasteiger partial charge in [0.05, 0.1) is 25.1 Å². The van der Waals surface area contributed by atoms with Gasteiger partial charge in [-0.2, -0.15) is 0 Å². The van der Waals surface area contributed by atoms with Crippen LogP contribution in [0.25, 0.3) is 11.2 Å². The molecule has 0 spiro atoms. The van der Waals surface area contributed by atoms with Crippen molar-refractivity contribution >= 4 is 22.8 Å². The topological polar surface area (TPSA) is 84.1 Å². The number of aliphatic hydroxyl groups is 2. The van der Waals surface area contributed by atoms with Gasteiger partial charge >= 0.3 is 0 Å². The fraction of sp³-hybridized carbons (Fsp3) is 0.462. The lowest BCUT2D eigenvalue weighted by Crippen LogP contribution is -2.30. The highest BCUT2D eigenvalue weighted by molar-refractivity contribution is 6.33. The zero-order chi connectivity index (χ0) is 13.9. The Labute approximate surface area is 119 Å². The van der Waals surface area contributed by atoms with Crippen LogP contribution in [-0.2, 0) is 0 Å². The van der Waals surface area contributed by atoms with E-state index in [9.17, 15) is 10.2 Å². The van der Waals surface area contributed by atoms with Crippen LogP contribution in [-0.4, -0.2) is 42.4 Å². The standard InChI is InChI=1S/C13H13ClN4O2/c14-12-9-13(16-4-15-12)18(5-17-9)10-8-2-6(11(10)20)1-7(8)3-19/h1,4-6,8,10-11,19-20H,2-3H2. The van der Waals surface area contributed by atoms with Gasteiger partial charge in [0.2, 0.25) is 0 Å². The molecular weight excluding hydrogens is 280 g/mol. The SMILES string of the molecule is OCC1=CC2CC1C(n1cnc3c(Cl)ncnc31)C2O. The first kappa shape index (κ1) is 12.3. The number of hydrogen-bond donors (Lipinski definition) is 2. The third-order valence-electron chi connectivity index (χ3n) is 4.45. The minimum atomic E-state index is -0.485. The Kier molecular flexibility index (Phi) is 2.60. The maximum absolute atomic E-state index is 10.4. The molecule has 104 valence electrons. The van der Waals surface area contributed by atoms with E-state index < -0.39 is 6.10 Å². The van der Waals surface area contributed by atoms with Gasteiger partial charge in [-0.25, -0.2) is 15.0 Å². The Morgan fingerprint density at radius 2 is 2.20 bits per heavy atom. The highest BCUT2D eigenvalue weighted by Gasteiger charge is 2.48. The summed E-state index contributed by atoms with van der Waals surface area (Å²) >= 11 is 6.01. The lowest BCUT2D eigenvalue weighted by atomic mass is 9.91.